The van der Waals surface area contributed by atoms with E-state index in [-0.39, 0.29) is 6.10 Å². The van der Waals surface area contributed by atoms with Crippen molar-refractivity contribution in [1.29, 1.82) is 0 Å². The van der Waals surface area contributed by atoms with Gasteiger partial charge in [0.2, 0.25) is 0 Å². The molecule has 0 saturated carbocycles. The van der Waals surface area contributed by atoms with Crippen LogP contribution in [-0.4, -0.2) is 35.2 Å². The molecule has 0 aromatic rings. The van der Waals surface area contributed by atoms with Gasteiger partial charge in [0.05, 0.1) is 6.10 Å². The molecular formula is C15H33NO. The standard InChI is InChI=1S/C15H33NO/c1-6-14(7-2)16(12-13(4)5)11-9-10-15(17)8-3/h13-15,17H,6-12H2,1-5H3. The Labute approximate surface area is 108 Å². The van der Waals surface area contributed by atoms with Gasteiger partial charge in [-0.05, 0) is 44.6 Å². The minimum Gasteiger partial charge on any atom is -0.393 e. The first-order chi connectivity index (χ1) is 8.04. The smallest absolute Gasteiger partial charge is 0.0538 e. The molecule has 0 fully saturated rings. The van der Waals surface area contributed by atoms with E-state index >= 15 is 0 Å². The molecule has 0 aliphatic rings. The molecule has 0 aromatic carbocycles. The van der Waals surface area contributed by atoms with Crippen molar-refractivity contribution < 1.29 is 5.11 Å². The molecule has 0 spiro atoms. The summed E-state index contributed by atoms with van der Waals surface area (Å²) in [6.07, 6.45) is 5.33. The highest BCUT2D eigenvalue weighted by molar-refractivity contribution is 4.71. The summed E-state index contributed by atoms with van der Waals surface area (Å²) in [7, 11) is 0. The number of rotatable bonds is 10. The minimum atomic E-state index is -0.0994. The Hall–Kier alpha value is -0.0800. The van der Waals surface area contributed by atoms with Crippen molar-refractivity contribution in [1.82, 2.24) is 4.90 Å². The average Bonchev–Trinajstić information content (AvgIpc) is 2.29. The van der Waals surface area contributed by atoms with Crippen LogP contribution in [0.2, 0.25) is 0 Å². The fourth-order valence-electron chi connectivity index (χ4n) is 2.43. The highest BCUT2D eigenvalue weighted by atomic mass is 16.3. The molecule has 0 radical (unpaired) electrons. The van der Waals surface area contributed by atoms with Gasteiger partial charge >= 0.3 is 0 Å². The largest absolute Gasteiger partial charge is 0.393 e. The predicted octanol–water partition coefficient (Wildman–Crippen LogP) is 3.68. The van der Waals surface area contributed by atoms with E-state index in [1.807, 2.05) is 0 Å². The van der Waals surface area contributed by atoms with Gasteiger partial charge < -0.3 is 10.0 Å². The second kappa shape index (κ2) is 9.90. The van der Waals surface area contributed by atoms with Gasteiger partial charge in [0, 0.05) is 12.6 Å². The monoisotopic (exact) mass is 243 g/mol. The van der Waals surface area contributed by atoms with Crippen molar-refractivity contribution in [3.63, 3.8) is 0 Å². The summed E-state index contributed by atoms with van der Waals surface area (Å²) in [5, 5.41) is 9.59. The lowest BCUT2D eigenvalue weighted by Gasteiger charge is -2.32. The van der Waals surface area contributed by atoms with Gasteiger partial charge in [-0.15, -0.1) is 0 Å². The third-order valence-corrected chi connectivity index (χ3v) is 3.51. The van der Waals surface area contributed by atoms with E-state index in [4.69, 9.17) is 0 Å². The molecule has 0 bridgehead atoms. The Bertz CT molecular complexity index is 166. The molecule has 2 nitrogen and oxygen atoms in total. The van der Waals surface area contributed by atoms with Crippen molar-refractivity contribution in [2.24, 2.45) is 5.92 Å². The molecule has 0 rings (SSSR count). The number of aliphatic hydroxyl groups excluding tert-OH is 1. The first-order valence-electron chi connectivity index (χ1n) is 7.47. The summed E-state index contributed by atoms with van der Waals surface area (Å²) in [4.78, 5) is 2.62. The molecule has 0 aliphatic heterocycles. The number of hydrogen-bond acceptors (Lipinski definition) is 2. The second-order valence-corrected chi connectivity index (χ2v) is 5.56. The van der Waals surface area contributed by atoms with Crippen LogP contribution in [0.4, 0.5) is 0 Å². The number of nitrogens with zero attached hydrogens (tertiary/aromatic N) is 1. The van der Waals surface area contributed by atoms with Crippen LogP contribution in [0, 0.1) is 5.92 Å². The van der Waals surface area contributed by atoms with Gasteiger partial charge in [0.25, 0.3) is 0 Å². The summed E-state index contributed by atoms with van der Waals surface area (Å²) in [6.45, 7) is 13.5. The van der Waals surface area contributed by atoms with Crippen LogP contribution in [0.5, 0.6) is 0 Å². The van der Waals surface area contributed by atoms with Gasteiger partial charge in [-0.2, -0.15) is 0 Å². The van der Waals surface area contributed by atoms with E-state index < -0.39 is 0 Å². The first-order valence-corrected chi connectivity index (χ1v) is 7.47. The van der Waals surface area contributed by atoms with Crippen LogP contribution < -0.4 is 0 Å². The highest BCUT2D eigenvalue weighted by Gasteiger charge is 2.16. The molecule has 1 N–H and O–H groups in total. The van der Waals surface area contributed by atoms with Crippen molar-refractivity contribution in [2.75, 3.05) is 13.1 Å². The predicted molar refractivity (Wildman–Crippen MR) is 76.3 cm³/mol. The van der Waals surface area contributed by atoms with E-state index in [9.17, 15) is 5.11 Å². The quantitative estimate of drug-likeness (QED) is 0.632. The van der Waals surface area contributed by atoms with Crippen LogP contribution in [0.1, 0.15) is 66.7 Å². The zero-order valence-corrected chi connectivity index (χ0v) is 12.6. The van der Waals surface area contributed by atoms with Crippen LogP contribution in [-0.2, 0) is 0 Å². The van der Waals surface area contributed by atoms with Gasteiger partial charge in [0.1, 0.15) is 0 Å². The molecule has 1 unspecified atom stereocenters. The molecule has 0 amide bonds. The SMILES string of the molecule is CCC(O)CCCN(CC(C)C)C(CC)CC. The van der Waals surface area contributed by atoms with Crippen LogP contribution in [0.15, 0.2) is 0 Å². The van der Waals surface area contributed by atoms with Crippen LogP contribution in [0.3, 0.4) is 0 Å². The van der Waals surface area contributed by atoms with Crippen molar-refractivity contribution in [3.8, 4) is 0 Å². The van der Waals surface area contributed by atoms with E-state index in [0.717, 1.165) is 37.8 Å². The molecule has 0 heterocycles. The van der Waals surface area contributed by atoms with E-state index in [1.54, 1.807) is 0 Å². The molecule has 1 atom stereocenters. The van der Waals surface area contributed by atoms with Crippen LogP contribution in [0.25, 0.3) is 0 Å². The molecule has 17 heavy (non-hydrogen) atoms. The summed E-state index contributed by atoms with van der Waals surface area (Å²) in [5.41, 5.74) is 0. The van der Waals surface area contributed by atoms with Gasteiger partial charge in [-0.1, -0.05) is 34.6 Å². The summed E-state index contributed by atoms with van der Waals surface area (Å²) < 4.78 is 0. The zero-order chi connectivity index (χ0) is 13.3. The highest BCUT2D eigenvalue weighted by Crippen LogP contribution is 2.13. The summed E-state index contributed by atoms with van der Waals surface area (Å²) >= 11 is 0. The van der Waals surface area contributed by atoms with E-state index in [2.05, 4.69) is 39.5 Å². The molecule has 0 saturated heterocycles. The maximum Gasteiger partial charge on any atom is 0.0538 e. The molecular weight excluding hydrogens is 210 g/mol. The maximum atomic E-state index is 9.59. The van der Waals surface area contributed by atoms with Gasteiger partial charge in [0.15, 0.2) is 0 Å². The third kappa shape index (κ3) is 7.77. The minimum absolute atomic E-state index is 0.0994. The normalized spacial score (nSPS) is 13.9. The van der Waals surface area contributed by atoms with Crippen molar-refractivity contribution in [3.05, 3.63) is 0 Å². The summed E-state index contributed by atoms with van der Waals surface area (Å²) in [6, 6.07) is 0.719. The number of hydrogen-bond donors (Lipinski definition) is 1. The molecule has 0 aliphatic carbocycles. The topological polar surface area (TPSA) is 23.5 Å². The number of aliphatic hydroxyl groups is 1. The average molecular weight is 243 g/mol. The van der Waals surface area contributed by atoms with E-state index in [1.165, 1.54) is 19.4 Å². The lowest BCUT2D eigenvalue weighted by Crippen LogP contribution is -2.38. The van der Waals surface area contributed by atoms with Crippen LogP contribution >= 0.6 is 0 Å². The molecule has 104 valence electrons. The maximum absolute atomic E-state index is 9.59. The first kappa shape index (κ1) is 16.9. The Kier molecular flexibility index (Phi) is 9.85. The van der Waals surface area contributed by atoms with Crippen molar-refractivity contribution in [2.45, 2.75) is 78.9 Å². The fourth-order valence-corrected chi connectivity index (χ4v) is 2.43. The Morgan fingerprint density at radius 2 is 1.59 bits per heavy atom. The third-order valence-electron chi connectivity index (χ3n) is 3.51. The molecule has 0 aromatic heterocycles. The molecule has 2 heteroatoms. The lowest BCUT2D eigenvalue weighted by atomic mass is 10.1. The lowest BCUT2D eigenvalue weighted by molar-refractivity contribution is 0.130. The second-order valence-electron chi connectivity index (χ2n) is 5.56. The summed E-state index contributed by atoms with van der Waals surface area (Å²) in [5.74, 6) is 0.728. The Balaban J connectivity index is 4.09. The van der Waals surface area contributed by atoms with E-state index in [0.29, 0.717) is 0 Å². The van der Waals surface area contributed by atoms with Crippen molar-refractivity contribution >= 4 is 0 Å². The Morgan fingerprint density at radius 3 is 2.00 bits per heavy atom. The Morgan fingerprint density at radius 1 is 1.00 bits per heavy atom. The zero-order valence-electron chi connectivity index (χ0n) is 12.6. The fraction of sp³-hybridized carbons (Fsp3) is 1.00. The van der Waals surface area contributed by atoms with Gasteiger partial charge in [-0.25, -0.2) is 0 Å². The van der Waals surface area contributed by atoms with Gasteiger partial charge in [-0.3, -0.25) is 0 Å².